The Morgan fingerprint density at radius 2 is 1.73 bits per heavy atom. The SMILES string of the molecule is C[C@@H]1[C@H](C)[C@](C)(O)CC12CC2. The average Bonchev–Trinajstić information content (AvgIpc) is 2.62. The largest absolute Gasteiger partial charge is 0.390 e. The molecule has 1 N–H and O–H groups in total. The van der Waals surface area contributed by atoms with E-state index in [1.54, 1.807) is 0 Å². The summed E-state index contributed by atoms with van der Waals surface area (Å²) in [6.45, 7) is 6.50. The summed E-state index contributed by atoms with van der Waals surface area (Å²) >= 11 is 0. The van der Waals surface area contributed by atoms with Crippen LogP contribution in [0.3, 0.4) is 0 Å². The smallest absolute Gasteiger partial charge is 0.0653 e. The van der Waals surface area contributed by atoms with E-state index in [9.17, 15) is 5.11 Å². The Labute approximate surface area is 68.8 Å². The molecule has 3 atom stereocenters. The highest BCUT2D eigenvalue weighted by molar-refractivity contribution is 5.10. The van der Waals surface area contributed by atoms with Crippen molar-refractivity contribution >= 4 is 0 Å². The summed E-state index contributed by atoms with van der Waals surface area (Å²) in [5.41, 5.74) is 0.179. The Hall–Kier alpha value is -0.0400. The molecule has 2 rings (SSSR count). The van der Waals surface area contributed by atoms with Crippen LogP contribution in [0, 0.1) is 17.3 Å². The molecule has 64 valence electrons. The fourth-order valence-electron chi connectivity index (χ4n) is 2.90. The molecule has 0 aromatic heterocycles. The Kier molecular flexibility index (Phi) is 1.26. The van der Waals surface area contributed by atoms with Gasteiger partial charge in [-0.1, -0.05) is 13.8 Å². The van der Waals surface area contributed by atoms with Gasteiger partial charge in [-0.25, -0.2) is 0 Å². The fraction of sp³-hybridized carbons (Fsp3) is 1.00. The van der Waals surface area contributed by atoms with Crippen molar-refractivity contribution in [2.75, 3.05) is 0 Å². The maximum Gasteiger partial charge on any atom is 0.0653 e. The van der Waals surface area contributed by atoms with Crippen LogP contribution in [-0.4, -0.2) is 10.7 Å². The predicted octanol–water partition coefficient (Wildman–Crippen LogP) is 2.19. The Morgan fingerprint density at radius 3 is 1.91 bits per heavy atom. The highest BCUT2D eigenvalue weighted by atomic mass is 16.3. The summed E-state index contributed by atoms with van der Waals surface area (Å²) in [6.07, 6.45) is 3.76. The van der Waals surface area contributed by atoms with Gasteiger partial charge in [0, 0.05) is 0 Å². The number of rotatable bonds is 0. The maximum absolute atomic E-state index is 10.0. The van der Waals surface area contributed by atoms with Crippen LogP contribution in [0.4, 0.5) is 0 Å². The minimum Gasteiger partial charge on any atom is -0.390 e. The molecular formula is C10H18O. The molecule has 0 amide bonds. The van der Waals surface area contributed by atoms with E-state index in [0.717, 1.165) is 12.3 Å². The van der Waals surface area contributed by atoms with Crippen LogP contribution < -0.4 is 0 Å². The van der Waals surface area contributed by atoms with E-state index >= 15 is 0 Å². The molecule has 0 saturated heterocycles. The first kappa shape index (κ1) is 7.60. The Balaban J connectivity index is 2.24. The topological polar surface area (TPSA) is 20.2 Å². The minimum atomic E-state index is -0.379. The summed E-state index contributed by atoms with van der Waals surface area (Å²) < 4.78 is 0. The minimum absolute atomic E-state index is 0.379. The van der Waals surface area contributed by atoms with Gasteiger partial charge < -0.3 is 5.11 Å². The lowest BCUT2D eigenvalue weighted by Crippen LogP contribution is -2.28. The van der Waals surface area contributed by atoms with Crippen LogP contribution >= 0.6 is 0 Å². The lowest BCUT2D eigenvalue weighted by atomic mass is 9.88. The molecule has 0 heterocycles. The Bertz CT molecular complexity index is 171. The van der Waals surface area contributed by atoms with Gasteiger partial charge in [0.2, 0.25) is 0 Å². The molecule has 2 aliphatic rings. The van der Waals surface area contributed by atoms with Crippen molar-refractivity contribution in [3.8, 4) is 0 Å². The zero-order valence-corrected chi connectivity index (χ0v) is 7.72. The van der Waals surface area contributed by atoms with Crippen LogP contribution in [0.1, 0.15) is 40.0 Å². The molecule has 0 radical (unpaired) electrons. The molecule has 0 aliphatic heterocycles. The van der Waals surface area contributed by atoms with E-state index < -0.39 is 0 Å². The monoisotopic (exact) mass is 154 g/mol. The summed E-state index contributed by atoms with van der Waals surface area (Å²) in [5.74, 6) is 1.22. The number of hydrogen-bond acceptors (Lipinski definition) is 1. The van der Waals surface area contributed by atoms with Gasteiger partial charge in [0.15, 0.2) is 0 Å². The Morgan fingerprint density at radius 1 is 1.18 bits per heavy atom. The molecule has 1 nitrogen and oxygen atoms in total. The quantitative estimate of drug-likeness (QED) is 0.567. The van der Waals surface area contributed by atoms with E-state index in [1.165, 1.54) is 12.8 Å². The molecule has 0 bridgehead atoms. The first-order valence-corrected chi connectivity index (χ1v) is 4.70. The first-order chi connectivity index (χ1) is 4.98. The van der Waals surface area contributed by atoms with Crippen molar-refractivity contribution in [2.24, 2.45) is 17.3 Å². The van der Waals surface area contributed by atoms with Gasteiger partial charge in [0.05, 0.1) is 5.60 Å². The van der Waals surface area contributed by atoms with Gasteiger partial charge in [-0.15, -0.1) is 0 Å². The lowest BCUT2D eigenvalue weighted by Gasteiger charge is -2.23. The third kappa shape index (κ3) is 0.868. The molecular weight excluding hydrogens is 136 g/mol. The van der Waals surface area contributed by atoms with Gasteiger partial charge in [-0.3, -0.25) is 0 Å². The van der Waals surface area contributed by atoms with Crippen molar-refractivity contribution in [2.45, 2.75) is 45.6 Å². The second-order valence-corrected chi connectivity index (χ2v) is 4.97. The average molecular weight is 154 g/mol. The van der Waals surface area contributed by atoms with Crippen LogP contribution in [0.25, 0.3) is 0 Å². The van der Waals surface area contributed by atoms with Crippen molar-refractivity contribution in [3.63, 3.8) is 0 Å². The summed E-state index contributed by atoms with van der Waals surface area (Å²) in [7, 11) is 0. The molecule has 2 saturated carbocycles. The standard InChI is InChI=1S/C10H18O/c1-7-8(2)10(4-5-10)6-9(7,3)11/h7-8,11H,4-6H2,1-3H3/t7-,8+,9+/m0/s1. The molecule has 0 unspecified atom stereocenters. The molecule has 0 aromatic carbocycles. The third-order valence-corrected chi connectivity index (χ3v) is 4.30. The third-order valence-electron chi connectivity index (χ3n) is 4.30. The van der Waals surface area contributed by atoms with E-state index in [1.807, 2.05) is 6.92 Å². The maximum atomic E-state index is 10.0. The molecule has 0 aromatic rings. The molecule has 2 aliphatic carbocycles. The second-order valence-electron chi connectivity index (χ2n) is 4.97. The predicted molar refractivity (Wildman–Crippen MR) is 45.2 cm³/mol. The highest BCUT2D eigenvalue weighted by Crippen LogP contribution is 2.65. The van der Waals surface area contributed by atoms with Crippen LogP contribution in [0.15, 0.2) is 0 Å². The van der Waals surface area contributed by atoms with Gasteiger partial charge in [-0.05, 0) is 43.4 Å². The summed E-state index contributed by atoms with van der Waals surface area (Å²) in [5, 5.41) is 10.0. The van der Waals surface area contributed by atoms with Crippen molar-refractivity contribution in [3.05, 3.63) is 0 Å². The van der Waals surface area contributed by atoms with Crippen molar-refractivity contribution in [1.82, 2.24) is 0 Å². The van der Waals surface area contributed by atoms with Crippen molar-refractivity contribution in [1.29, 1.82) is 0 Å². The van der Waals surface area contributed by atoms with E-state index in [4.69, 9.17) is 0 Å². The zero-order chi connectivity index (χ0) is 8.28. The summed E-state index contributed by atoms with van der Waals surface area (Å²) in [6, 6.07) is 0. The van der Waals surface area contributed by atoms with Gasteiger partial charge in [0.25, 0.3) is 0 Å². The normalized spacial score (nSPS) is 53.5. The molecule has 2 fully saturated rings. The first-order valence-electron chi connectivity index (χ1n) is 4.70. The number of aliphatic hydroxyl groups is 1. The fourth-order valence-corrected chi connectivity index (χ4v) is 2.90. The highest BCUT2D eigenvalue weighted by Gasteiger charge is 2.60. The molecule has 11 heavy (non-hydrogen) atoms. The van der Waals surface area contributed by atoms with Crippen LogP contribution in [0.5, 0.6) is 0 Å². The van der Waals surface area contributed by atoms with Crippen LogP contribution in [0.2, 0.25) is 0 Å². The summed E-state index contributed by atoms with van der Waals surface area (Å²) in [4.78, 5) is 0. The van der Waals surface area contributed by atoms with Gasteiger partial charge >= 0.3 is 0 Å². The van der Waals surface area contributed by atoms with Gasteiger partial charge in [-0.2, -0.15) is 0 Å². The molecule has 1 heteroatoms. The van der Waals surface area contributed by atoms with Gasteiger partial charge in [0.1, 0.15) is 0 Å². The van der Waals surface area contributed by atoms with Crippen LogP contribution in [-0.2, 0) is 0 Å². The second kappa shape index (κ2) is 1.82. The van der Waals surface area contributed by atoms with E-state index in [2.05, 4.69) is 13.8 Å². The molecule has 1 spiro atoms. The van der Waals surface area contributed by atoms with E-state index in [-0.39, 0.29) is 5.60 Å². The zero-order valence-electron chi connectivity index (χ0n) is 7.72. The number of hydrogen-bond donors (Lipinski definition) is 1. The lowest BCUT2D eigenvalue weighted by molar-refractivity contribution is 0.0193. The van der Waals surface area contributed by atoms with Crippen molar-refractivity contribution < 1.29 is 5.11 Å². The van der Waals surface area contributed by atoms with E-state index in [0.29, 0.717) is 11.3 Å².